The molecule has 1 aliphatic carbocycles. The first-order valence-corrected chi connectivity index (χ1v) is 10.9. The molecule has 2 aromatic heterocycles. The Morgan fingerprint density at radius 3 is 2.86 bits per heavy atom. The minimum Gasteiger partial charge on any atom is -0.342 e. The lowest BCUT2D eigenvalue weighted by atomic mass is 10.0. The Labute approximate surface area is 167 Å². The quantitative estimate of drug-likeness (QED) is 0.736. The van der Waals surface area contributed by atoms with E-state index in [2.05, 4.69) is 34.9 Å². The summed E-state index contributed by atoms with van der Waals surface area (Å²) in [6.45, 7) is 3.43. The van der Waals surface area contributed by atoms with Crippen molar-refractivity contribution in [2.45, 2.75) is 57.4 Å². The van der Waals surface area contributed by atoms with Crippen LogP contribution in [0.4, 0.5) is 0 Å². The highest BCUT2D eigenvalue weighted by Gasteiger charge is 2.31. The Bertz CT molecular complexity index is 808. The van der Waals surface area contributed by atoms with Crippen LogP contribution in [0.15, 0.2) is 18.3 Å². The third kappa shape index (κ3) is 4.22. The summed E-state index contributed by atoms with van der Waals surface area (Å²) < 4.78 is 2.04. The summed E-state index contributed by atoms with van der Waals surface area (Å²) in [6, 6.07) is 4.12. The van der Waals surface area contributed by atoms with Crippen LogP contribution in [0.2, 0.25) is 0 Å². The Morgan fingerprint density at radius 1 is 1.25 bits per heavy atom. The molecule has 0 bridgehead atoms. The first kappa shape index (κ1) is 19.4. The van der Waals surface area contributed by atoms with Crippen molar-refractivity contribution in [1.29, 1.82) is 0 Å². The van der Waals surface area contributed by atoms with Gasteiger partial charge in [-0.05, 0) is 45.0 Å². The van der Waals surface area contributed by atoms with E-state index >= 15 is 0 Å². The molecule has 4 rings (SSSR count). The highest BCUT2D eigenvalue weighted by atomic mass is 16.2. The van der Waals surface area contributed by atoms with Crippen molar-refractivity contribution in [3.63, 3.8) is 0 Å². The molecule has 6 nitrogen and oxygen atoms in total. The van der Waals surface area contributed by atoms with Gasteiger partial charge < -0.3 is 9.80 Å². The highest BCUT2D eigenvalue weighted by Crippen LogP contribution is 2.33. The van der Waals surface area contributed by atoms with Crippen LogP contribution in [-0.4, -0.2) is 64.2 Å². The second-order valence-corrected chi connectivity index (χ2v) is 8.80. The molecule has 1 aliphatic heterocycles. The minimum atomic E-state index is 0.322. The van der Waals surface area contributed by atoms with Crippen LogP contribution in [0.5, 0.6) is 0 Å². The number of likely N-dealkylation sites (tertiary alicyclic amines) is 1. The standard InChI is InChI=1S/C22H33N5O/c1-25(2)14-15-27-22-19(8-5-12-23-22)21(24-27)18-11-13-26(16-18)20(28)10-9-17-6-3-4-7-17/h5,8,12,17-18H,3-4,6-7,9-11,13-16H2,1-2H3. The van der Waals surface area contributed by atoms with E-state index in [1.807, 2.05) is 16.9 Å². The number of rotatable bonds is 7. The van der Waals surface area contributed by atoms with Gasteiger partial charge in [-0.3, -0.25) is 4.79 Å². The van der Waals surface area contributed by atoms with Gasteiger partial charge in [-0.2, -0.15) is 5.10 Å². The second-order valence-electron chi connectivity index (χ2n) is 8.80. The van der Waals surface area contributed by atoms with E-state index in [1.165, 1.54) is 25.7 Å². The number of nitrogens with zero attached hydrogens (tertiary/aromatic N) is 5. The predicted molar refractivity (Wildman–Crippen MR) is 111 cm³/mol. The van der Waals surface area contributed by atoms with Crippen LogP contribution in [0, 0.1) is 5.92 Å². The van der Waals surface area contributed by atoms with Crippen LogP contribution in [0.1, 0.15) is 56.6 Å². The van der Waals surface area contributed by atoms with E-state index in [9.17, 15) is 4.79 Å². The normalized spacial score (nSPS) is 20.7. The largest absolute Gasteiger partial charge is 0.342 e. The zero-order valence-electron chi connectivity index (χ0n) is 17.3. The fourth-order valence-corrected chi connectivity index (χ4v) is 4.78. The molecule has 1 saturated carbocycles. The van der Waals surface area contributed by atoms with Crippen LogP contribution < -0.4 is 0 Å². The molecule has 1 amide bonds. The number of carbonyl (C=O) groups excluding carboxylic acids is 1. The van der Waals surface area contributed by atoms with Gasteiger partial charge in [0.05, 0.1) is 12.2 Å². The van der Waals surface area contributed by atoms with Gasteiger partial charge >= 0.3 is 0 Å². The van der Waals surface area contributed by atoms with Crippen molar-refractivity contribution in [2.24, 2.45) is 5.92 Å². The van der Waals surface area contributed by atoms with Gasteiger partial charge in [0.15, 0.2) is 5.65 Å². The maximum Gasteiger partial charge on any atom is 0.222 e. The van der Waals surface area contributed by atoms with E-state index in [0.29, 0.717) is 11.8 Å². The average molecular weight is 384 g/mol. The maximum absolute atomic E-state index is 12.7. The van der Waals surface area contributed by atoms with Gasteiger partial charge in [0, 0.05) is 43.6 Å². The molecule has 1 atom stereocenters. The molecule has 0 N–H and O–H groups in total. The van der Waals surface area contributed by atoms with Crippen LogP contribution >= 0.6 is 0 Å². The average Bonchev–Trinajstić information content (AvgIpc) is 3.43. The molecule has 0 radical (unpaired) electrons. The summed E-state index contributed by atoms with van der Waals surface area (Å²) in [4.78, 5) is 21.5. The minimum absolute atomic E-state index is 0.322. The summed E-state index contributed by atoms with van der Waals surface area (Å²) in [5.74, 6) is 1.44. The molecule has 2 aromatic rings. The highest BCUT2D eigenvalue weighted by molar-refractivity contribution is 5.80. The van der Waals surface area contributed by atoms with Gasteiger partial charge in [-0.1, -0.05) is 25.7 Å². The molecule has 6 heteroatoms. The van der Waals surface area contributed by atoms with Crippen LogP contribution in [0.25, 0.3) is 11.0 Å². The molecule has 28 heavy (non-hydrogen) atoms. The molecule has 152 valence electrons. The maximum atomic E-state index is 12.7. The van der Waals surface area contributed by atoms with E-state index in [4.69, 9.17) is 5.10 Å². The van der Waals surface area contributed by atoms with Crippen molar-refractivity contribution in [1.82, 2.24) is 24.6 Å². The van der Waals surface area contributed by atoms with Crippen molar-refractivity contribution in [2.75, 3.05) is 33.7 Å². The number of amides is 1. The lowest BCUT2D eigenvalue weighted by Gasteiger charge is -2.17. The number of hydrogen-bond donors (Lipinski definition) is 0. The monoisotopic (exact) mass is 383 g/mol. The lowest BCUT2D eigenvalue weighted by Crippen LogP contribution is -2.28. The second kappa shape index (κ2) is 8.60. The van der Waals surface area contributed by atoms with Crippen molar-refractivity contribution in [3.8, 4) is 0 Å². The van der Waals surface area contributed by atoms with E-state index in [1.54, 1.807) is 0 Å². The zero-order valence-corrected chi connectivity index (χ0v) is 17.3. The van der Waals surface area contributed by atoms with Gasteiger partial charge in [-0.15, -0.1) is 0 Å². The third-order valence-corrected chi connectivity index (χ3v) is 6.46. The number of aromatic nitrogens is 3. The zero-order chi connectivity index (χ0) is 19.5. The number of likely N-dealkylation sites (N-methyl/N-ethyl adjacent to an activating group) is 1. The van der Waals surface area contributed by atoms with Gasteiger partial charge in [0.25, 0.3) is 0 Å². The SMILES string of the molecule is CN(C)CCn1nc(C2CCN(C(=O)CCC3CCCC3)C2)c2cccnc21. The topological polar surface area (TPSA) is 54.3 Å². The molecule has 3 heterocycles. The molecule has 0 aromatic carbocycles. The van der Waals surface area contributed by atoms with Gasteiger partial charge in [0.1, 0.15) is 0 Å². The van der Waals surface area contributed by atoms with E-state index in [-0.39, 0.29) is 0 Å². The molecule has 1 saturated heterocycles. The van der Waals surface area contributed by atoms with Crippen molar-refractivity contribution >= 4 is 16.9 Å². The number of carbonyl (C=O) groups is 1. The fraction of sp³-hybridized carbons (Fsp3) is 0.682. The lowest BCUT2D eigenvalue weighted by molar-refractivity contribution is -0.130. The number of hydrogen-bond acceptors (Lipinski definition) is 4. The third-order valence-electron chi connectivity index (χ3n) is 6.46. The summed E-state index contributed by atoms with van der Waals surface area (Å²) in [5.41, 5.74) is 2.08. The molecule has 2 fully saturated rings. The van der Waals surface area contributed by atoms with Crippen LogP contribution in [0.3, 0.4) is 0 Å². The predicted octanol–water partition coefficient (Wildman–Crippen LogP) is 3.28. The van der Waals surface area contributed by atoms with Crippen molar-refractivity contribution in [3.05, 3.63) is 24.0 Å². The Kier molecular flexibility index (Phi) is 5.95. The molecular weight excluding hydrogens is 350 g/mol. The number of fused-ring (bicyclic) bond motifs is 1. The fourth-order valence-electron chi connectivity index (χ4n) is 4.78. The summed E-state index contributed by atoms with van der Waals surface area (Å²) >= 11 is 0. The molecular formula is C22H33N5O. The summed E-state index contributed by atoms with van der Waals surface area (Å²) in [5, 5.41) is 6.08. The van der Waals surface area contributed by atoms with Gasteiger partial charge in [0.2, 0.25) is 5.91 Å². The molecule has 1 unspecified atom stereocenters. The molecule has 0 spiro atoms. The Balaban J connectivity index is 1.43. The number of pyridine rings is 1. The first-order chi connectivity index (χ1) is 13.6. The van der Waals surface area contributed by atoms with Crippen LogP contribution in [-0.2, 0) is 11.3 Å². The Morgan fingerprint density at radius 2 is 2.07 bits per heavy atom. The Hall–Kier alpha value is -1.95. The van der Waals surface area contributed by atoms with E-state index < -0.39 is 0 Å². The summed E-state index contributed by atoms with van der Waals surface area (Å²) in [6.07, 6.45) is 9.98. The van der Waals surface area contributed by atoms with Crippen molar-refractivity contribution < 1.29 is 4.79 Å². The molecule has 2 aliphatic rings. The smallest absolute Gasteiger partial charge is 0.222 e. The summed E-state index contributed by atoms with van der Waals surface area (Å²) in [7, 11) is 4.15. The first-order valence-electron chi connectivity index (χ1n) is 10.9. The van der Waals surface area contributed by atoms with E-state index in [0.717, 1.165) is 68.1 Å². The van der Waals surface area contributed by atoms with Gasteiger partial charge in [-0.25, -0.2) is 9.67 Å².